The maximum Gasteiger partial charge on any atom is 0.303 e. The van der Waals surface area contributed by atoms with Crippen LogP contribution in [0.4, 0.5) is 11.4 Å². The first kappa shape index (κ1) is 14.1. The zero-order chi connectivity index (χ0) is 13.7. The van der Waals surface area contributed by atoms with Crippen LogP contribution in [0.15, 0.2) is 22.7 Å². The highest BCUT2D eigenvalue weighted by molar-refractivity contribution is 9.10. The molecule has 1 amide bonds. The van der Waals surface area contributed by atoms with Gasteiger partial charge in [0.25, 0.3) is 5.69 Å². The molecule has 0 aliphatic carbocycles. The average Bonchev–Trinajstić information content (AvgIpc) is 2.29. The second-order valence-electron chi connectivity index (χ2n) is 3.36. The number of non-ortho nitro benzene ring substituents is 1. The molecule has 0 saturated heterocycles. The second-order valence-corrected chi connectivity index (χ2v) is 4.22. The van der Waals surface area contributed by atoms with E-state index < -0.39 is 16.8 Å². The van der Waals surface area contributed by atoms with E-state index in [-0.39, 0.29) is 18.5 Å². The Kier molecular flexibility index (Phi) is 4.78. The number of carboxylic acids is 1. The van der Waals surface area contributed by atoms with Crippen molar-refractivity contribution in [2.45, 2.75) is 12.8 Å². The van der Waals surface area contributed by atoms with Gasteiger partial charge in [-0.3, -0.25) is 19.7 Å². The Bertz CT molecular complexity index is 503. The molecule has 1 aromatic carbocycles. The summed E-state index contributed by atoms with van der Waals surface area (Å²) in [5.41, 5.74) is 0.251. The third kappa shape index (κ3) is 4.13. The van der Waals surface area contributed by atoms with Crippen molar-refractivity contribution in [3.63, 3.8) is 0 Å². The summed E-state index contributed by atoms with van der Waals surface area (Å²) in [6, 6.07) is 3.88. The lowest BCUT2D eigenvalue weighted by molar-refractivity contribution is -0.384. The zero-order valence-corrected chi connectivity index (χ0v) is 10.6. The summed E-state index contributed by atoms with van der Waals surface area (Å²) in [6.07, 6.45) is -0.421. The first-order valence-corrected chi connectivity index (χ1v) is 5.65. The fourth-order valence-corrected chi connectivity index (χ4v) is 1.62. The predicted octanol–water partition coefficient (Wildman–Crippen LogP) is 2.16. The van der Waals surface area contributed by atoms with Gasteiger partial charge in [-0.2, -0.15) is 0 Å². The number of rotatable bonds is 5. The lowest BCUT2D eigenvalue weighted by Crippen LogP contribution is -2.13. The van der Waals surface area contributed by atoms with E-state index in [9.17, 15) is 19.7 Å². The Morgan fingerprint density at radius 3 is 2.56 bits per heavy atom. The summed E-state index contributed by atoms with van der Waals surface area (Å²) in [4.78, 5) is 31.6. The fraction of sp³-hybridized carbons (Fsp3) is 0.200. The number of carbonyl (C=O) groups excluding carboxylic acids is 1. The SMILES string of the molecule is O=C(O)CCC(=O)Nc1ccc([N+](=O)[O-])cc1Br. The molecule has 0 fully saturated rings. The molecular formula is C10H9BrN2O5. The van der Waals surface area contributed by atoms with Gasteiger partial charge in [-0.05, 0) is 22.0 Å². The van der Waals surface area contributed by atoms with Gasteiger partial charge >= 0.3 is 5.97 Å². The predicted molar refractivity (Wildman–Crippen MR) is 66.3 cm³/mol. The molecule has 0 aliphatic heterocycles. The summed E-state index contributed by atoms with van der Waals surface area (Å²) in [7, 11) is 0. The molecule has 0 heterocycles. The second kappa shape index (κ2) is 6.10. The number of carbonyl (C=O) groups is 2. The third-order valence-corrected chi connectivity index (χ3v) is 2.66. The van der Waals surface area contributed by atoms with Crippen molar-refractivity contribution in [3.05, 3.63) is 32.8 Å². The van der Waals surface area contributed by atoms with E-state index in [0.29, 0.717) is 10.2 Å². The molecule has 0 bridgehead atoms. The number of amides is 1. The summed E-state index contributed by atoms with van der Waals surface area (Å²) < 4.78 is 0.361. The van der Waals surface area contributed by atoms with E-state index in [1.54, 1.807) is 0 Å². The Morgan fingerprint density at radius 2 is 2.06 bits per heavy atom. The van der Waals surface area contributed by atoms with Crippen molar-refractivity contribution in [2.24, 2.45) is 0 Å². The van der Waals surface area contributed by atoms with Gasteiger partial charge in [0.2, 0.25) is 5.91 Å². The quantitative estimate of drug-likeness (QED) is 0.639. The molecule has 0 spiro atoms. The normalized spacial score (nSPS) is 9.83. The maximum absolute atomic E-state index is 11.4. The molecule has 8 heteroatoms. The maximum atomic E-state index is 11.4. The van der Waals surface area contributed by atoms with Gasteiger partial charge in [-0.15, -0.1) is 0 Å². The molecule has 0 atom stereocenters. The van der Waals surface area contributed by atoms with Gasteiger partial charge in [0.15, 0.2) is 0 Å². The van der Waals surface area contributed by atoms with Gasteiger partial charge in [-0.1, -0.05) is 0 Å². The molecule has 7 nitrogen and oxygen atoms in total. The highest BCUT2D eigenvalue weighted by Gasteiger charge is 2.11. The largest absolute Gasteiger partial charge is 0.481 e. The highest BCUT2D eigenvalue weighted by Crippen LogP contribution is 2.27. The van der Waals surface area contributed by atoms with E-state index in [1.807, 2.05) is 0 Å². The molecule has 0 radical (unpaired) electrons. The number of carboxylic acid groups (broad SMARTS) is 1. The van der Waals surface area contributed by atoms with Crippen molar-refractivity contribution in [2.75, 3.05) is 5.32 Å². The van der Waals surface area contributed by atoms with Crippen molar-refractivity contribution >= 4 is 39.2 Å². The van der Waals surface area contributed by atoms with Crippen molar-refractivity contribution in [1.82, 2.24) is 0 Å². The van der Waals surface area contributed by atoms with Crippen molar-refractivity contribution < 1.29 is 19.6 Å². The summed E-state index contributed by atoms with van der Waals surface area (Å²) in [6.45, 7) is 0. The lowest BCUT2D eigenvalue weighted by atomic mass is 10.2. The Hall–Kier alpha value is -1.96. The van der Waals surface area contributed by atoms with E-state index in [0.717, 1.165) is 0 Å². The number of nitrogens with zero attached hydrogens (tertiary/aromatic N) is 1. The number of hydrogen-bond donors (Lipinski definition) is 2. The monoisotopic (exact) mass is 316 g/mol. The molecule has 1 rings (SSSR count). The molecule has 0 aliphatic rings. The minimum absolute atomic E-state index is 0.106. The van der Waals surface area contributed by atoms with Crippen LogP contribution < -0.4 is 5.32 Å². The third-order valence-electron chi connectivity index (χ3n) is 2.00. The summed E-state index contributed by atoms with van der Waals surface area (Å²) >= 11 is 3.09. The van der Waals surface area contributed by atoms with E-state index in [4.69, 9.17) is 5.11 Å². The fourth-order valence-electron chi connectivity index (χ4n) is 1.15. The highest BCUT2D eigenvalue weighted by atomic mass is 79.9. The van der Waals surface area contributed by atoms with Gasteiger partial charge in [0.05, 0.1) is 17.0 Å². The first-order chi connectivity index (χ1) is 8.40. The van der Waals surface area contributed by atoms with Crippen LogP contribution >= 0.6 is 15.9 Å². The number of benzene rings is 1. The van der Waals surface area contributed by atoms with E-state index in [1.165, 1.54) is 18.2 Å². The first-order valence-electron chi connectivity index (χ1n) is 4.85. The zero-order valence-electron chi connectivity index (χ0n) is 9.05. The average molecular weight is 317 g/mol. The van der Waals surface area contributed by atoms with Crippen LogP contribution in [0, 0.1) is 10.1 Å². The van der Waals surface area contributed by atoms with Crippen molar-refractivity contribution in [1.29, 1.82) is 0 Å². The molecule has 0 saturated carbocycles. The van der Waals surface area contributed by atoms with Crippen LogP contribution in [0.3, 0.4) is 0 Å². The topological polar surface area (TPSA) is 110 Å². The summed E-state index contributed by atoms with van der Waals surface area (Å²) in [5.74, 6) is -1.53. The molecule has 0 aromatic heterocycles. The van der Waals surface area contributed by atoms with Crippen LogP contribution in [0.5, 0.6) is 0 Å². The molecule has 1 aromatic rings. The smallest absolute Gasteiger partial charge is 0.303 e. The number of halogens is 1. The number of nitro groups is 1. The number of aliphatic carboxylic acids is 1. The number of hydrogen-bond acceptors (Lipinski definition) is 4. The lowest BCUT2D eigenvalue weighted by Gasteiger charge is -2.06. The van der Waals surface area contributed by atoms with Gasteiger partial charge in [-0.25, -0.2) is 0 Å². The number of nitrogens with one attached hydrogen (secondary N) is 1. The van der Waals surface area contributed by atoms with E-state index in [2.05, 4.69) is 21.2 Å². The Balaban J connectivity index is 2.70. The van der Waals surface area contributed by atoms with Crippen molar-refractivity contribution in [3.8, 4) is 0 Å². The molecule has 0 unspecified atom stereocenters. The molecular weight excluding hydrogens is 308 g/mol. The van der Waals surface area contributed by atoms with E-state index >= 15 is 0 Å². The Morgan fingerprint density at radius 1 is 1.39 bits per heavy atom. The van der Waals surface area contributed by atoms with Crippen LogP contribution in [0.1, 0.15) is 12.8 Å². The van der Waals surface area contributed by atoms with Crippen LogP contribution in [0.2, 0.25) is 0 Å². The number of nitro benzene ring substituents is 1. The van der Waals surface area contributed by atoms with Gasteiger partial charge in [0.1, 0.15) is 0 Å². The number of anilines is 1. The minimum atomic E-state index is -1.06. The Labute approximate surface area is 110 Å². The van der Waals surface area contributed by atoms with Gasteiger partial charge in [0, 0.05) is 23.0 Å². The standard InChI is InChI=1S/C10H9BrN2O5/c11-7-5-6(13(17)18)1-2-8(7)12-9(14)3-4-10(15)16/h1-2,5H,3-4H2,(H,12,14)(H,15,16). The van der Waals surface area contributed by atoms with Crippen LogP contribution in [0.25, 0.3) is 0 Å². The molecule has 96 valence electrons. The summed E-state index contributed by atoms with van der Waals surface area (Å²) in [5, 5.41) is 21.4. The van der Waals surface area contributed by atoms with Crippen LogP contribution in [-0.2, 0) is 9.59 Å². The minimum Gasteiger partial charge on any atom is -0.481 e. The van der Waals surface area contributed by atoms with Crippen LogP contribution in [-0.4, -0.2) is 21.9 Å². The molecule has 18 heavy (non-hydrogen) atoms. The molecule has 2 N–H and O–H groups in total. The van der Waals surface area contributed by atoms with Gasteiger partial charge < -0.3 is 10.4 Å².